The summed E-state index contributed by atoms with van der Waals surface area (Å²) in [5.41, 5.74) is 0.447. The second-order valence-corrected chi connectivity index (χ2v) is 5.99. The minimum Gasteiger partial charge on any atom is -0.359 e. The molecule has 0 aromatic heterocycles. The third-order valence-corrected chi connectivity index (χ3v) is 3.45. The molecular formula is C13H26N2O. The van der Waals surface area contributed by atoms with Crippen molar-refractivity contribution in [2.24, 2.45) is 11.3 Å². The lowest BCUT2D eigenvalue weighted by molar-refractivity contribution is -0.120. The fourth-order valence-corrected chi connectivity index (χ4v) is 3.02. The molecule has 0 bridgehead atoms. The second-order valence-electron chi connectivity index (χ2n) is 5.99. The van der Waals surface area contributed by atoms with Crippen molar-refractivity contribution in [2.75, 3.05) is 13.6 Å². The van der Waals surface area contributed by atoms with Gasteiger partial charge in [-0.2, -0.15) is 0 Å². The first-order valence-corrected chi connectivity index (χ1v) is 6.37. The molecule has 3 heteroatoms. The fourth-order valence-electron chi connectivity index (χ4n) is 3.02. The number of carbonyl (C=O) groups excluding carboxylic acids is 1. The first-order valence-electron chi connectivity index (χ1n) is 6.37. The van der Waals surface area contributed by atoms with Gasteiger partial charge >= 0.3 is 0 Å². The van der Waals surface area contributed by atoms with Gasteiger partial charge < -0.3 is 10.6 Å². The normalized spacial score (nSPS) is 28.8. The molecule has 2 N–H and O–H groups in total. The highest BCUT2D eigenvalue weighted by molar-refractivity contribution is 5.75. The molecule has 0 aromatic carbocycles. The Morgan fingerprint density at radius 3 is 2.62 bits per heavy atom. The quantitative estimate of drug-likeness (QED) is 0.769. The third-order valence-electron chi connectivity index (χ3n) is 3.45. The van der Waals surface area contributed by atoms with Gasteiger partial charge in [-0.3, -0.25) is 4.79 Å². The Morgan fingerprint density at radius 2 is 2.06 bits per heavy atom. The van der Waals surface area contributed by atoms with E-state index in [1.165, 1.54) is 19.3 Å². The monoisotopic (exact) mass is 226 g/mol. The molecule has 2 atom stereocenters. The summed E-state index contributed by atoms with van der Waals surface area (Å²) in [5, 5.41) is 6.16. The largest absolute Gasteiger partial charge is 0.359 e. The SMILES string of the molecule is CNC(=O)CCNC1CC(C)CC(C)(C)C1. The lowest BCUT2D eigenvalue weighted by Crippen LogP contribution is -2.41. The van der Waals surface area contributed by atoms with Gasteiger partial charge in [-0.05, 0) is 30.6 Å². The molecule has 1 saturated carbocycles. The summed E-state index contributed by atoms with van der Waals surface area (Å²) in [5.74, 6) is 0.914. The summed E-state index contributed by atoms with van der Waals surface area (Å²) < 4.78 is 0. The molecule has 0 heterocycles. The zero-order valence-electron chi connectivity index (χ0n) is 11.1. The molecule has 1 fully saturated rings. The van der Waals surface area contributed by atoms with Gasteiger partial charge in [0.05, 0.1) is 0 Å². The molecule has 0 spiro atoms. The summed E-state index contributed by atoms with van der Waals surface area (Å²) in [4.78, 5) is 11.1. The van der Waals surface area contributed by atoms with Gasteiger partial charge in [0.1, 0.15) is 0 Å². The Hall–Kier alpha value is -0.570. The number of amides is 1. The van der Waals surface area contributed by atoms with Crippen LogP contribution in [0.25, 0.3) is 0 Å². The minimum atomic E-state index is 0.121. The predicted molar refractivity (Wildman–Crippen MR) is 67.3 cm³/mol. The molecule has 0 radical (unpaired) electrons. The topological polar surface area (TPSA) is 41.1 Å². The molecule has 94 valence electrons. The van der Waals surface area contributed by atoms with Crippen LogP contribution in [0, 0.1) is 11.3 Å². The molecule has 1 amide bonds. The maximum atomic E-state index is 11.1. The van der Waals surface area contributed by atoms with Crippen LogP contribution < -0.4 is 10.6 Å². The maximum absolute atomic E-state index is 11.1. The van der Waals surface area contributed by atoms with E-state index in [0.29, 0.717) is 17.9 Å². The predicted octanol–water partition coefficient (Wildman–Crippen LogP) is 1.93. The third kappa shape index (κ3) is 4.52. The summed E-state index contributed by atoms with van der Waals surface area (Å²) in [6.07, 6.45) is 4.38. The van der Waals surface area contributed by atoms with Gasteiger partial charge in [-0.15, -0.1) is 0 Å². The minimum absolute atomic E-state index is 0.121. The van der Waals surface area contributed by atoms with Gasteiger partial charge in [-0.1, -0.05) is 20.8 Å². The van der Waals surface area contributed by atoms with Gasteiger partial charge in [-0.25, -0.2) is 0 Å². The number of rotatable bonds is 4. The lowest BCUT2D eigenvalue weighted by Gasteiger charge is -2.39. The van der Waals surface area contributed by atoms with Crippen molar-refractivity contribution >= 4 is 5.91 Å². The van der Waals surface area contributed by atoms with Crippen LogP contribution in [0.15, 0.2) is 0 Å². The van der Waals surface area contributed by atoms with Crippen molar-refractivity contribution in [1.29, 1.82) is 0 Å². The van der Waals surface area contributed by atoms with Crippen molar-refractivity contribution in [1.82, 2.24) is 10.6 Å². The van der Waals surface area contributed by atoms with Gasteiger partial charge in [0.2, 0.25) is 5.91 Å². The van der Waals surface area contributed by atoms with Crippen LogP contribution in [0.3, 0.4) is 0 Å². The van der Waals surface area contributed by atoms with E-state index in [0.717, 1.165) is 12.5 Å². The summed E-state index contributed by atoms with van der Waals surface area (Å²) >= 11 is 0. The van der Waals surface area contributed by atoms with Crippen LogP contribution in [-0.2, 0) is 4.79 Å². The second kappa shape index (κ2) is 5.67. The summed E-state index contributed by atoms with van der Waals surface area (Å²) in [6.45, 7) is 7.81. The van der Waals surface area contributed by atoms with Crippen molar-refractivity contribution in [3.63, 3.8) is 0 Å². The highest BCUT2D eigenvalue weighted by atomic mass is 16.1. The highest BCUT2D eigenvalue weighted by Gasteiger charge is 2.31. The molecule has 1 rings (SSSR count). The van der Waals surface area contributed by atoms with E-state index in [9.17, 15) is 4.79 Å². The number of hydrogen-bond donors (Lipinski definition) is 2. The summed E-state index contributed by atoms with van der Waals surface area (Å²) in [6, 6.07) is 0.586. The molecule has 0 aliphatic heterocycles. The van der Waals surface area contributed by atoms with Crippen molar-refractivity contribution < 1.29 is 4.79 Å². The van der Waals surface area contributed by atoms with Gasteiger partial charge in [0, 0.05) is 26.1 Å². The standard InChI is InChI=1S/C13H26N2O/c1-10-7-11(9-13(2,3)8-10)15-6-5-12(16)14-4/h10-11,15H,5-9H2,1-4H3,(H,14,16). The van der Waals surface area contributed by atoms with Crippen LogP contribution in [0.4, 0.5) is 0 Å². The van der Waals surface area contributed by atoms with E-state index < -0.39 is 0 Å². The van der Waals surface area contributed by atoms with Crippen LogP contribution in [-0.4, -0.2) is 25.5 Å². The van der Waals surface area contributed by atoms with Gasteiger partial charge in [0.15, 0.2) is 0 Å². The zero-order valence-corrected chi connectivity index (χ0v) is 11.1. The van der Waals surface area contributed by atoms with Crippen LogP contribution >= 0.6 is 0 Å². The van der Waals surface area contributed by atoms with Crippen LogP contribution in [0.5, 0.6) is 0 Å². The molecule has 2 unspecified atom stereocenters. The van der Waals surface area contributed by atoms with E-state index in [2.05, 4.69) is 31.4 Å². The molecule has 1 aliphatic rings. The Morgan fingerprint density at radius 1 is 1.38 bits per heavy atom. The molecule has 16 heavy (non-hydrogen) atoms. The first-order chi connectivity index (χ1) is 7.43. The highest BCUT2D eigenvalue weighted by Crippen LogP contribution is 2.38. The van der Waals surface area contributed by atoms with Crippen LogP contribution in [0.2, 0.25) is 0 Å². The Balaban J connectivity index is 2.29. The molecule has 3 nitrogen and oxygen atoms in total. The van der Waals surface area contributed by atoms with Gasteiger partial charge in [0.25, 0.3) is 0 Å². The fraction of sp³-hybridized carbons (Fsp3) is 0.923. The Labute approximate surface area is 99.4 Å². The smallest absolute Gasteiger partial charge is 0.221 e. The average Bonchev–Trinajstić information content (AvgIpc) is 2.14. The lowest BCUT2D eigenvalue weighted by atomic mass is 9.70. The van der Waals surface area contributed by atoms with Crippen molar-refractivity contribution in [2.45, 2.75) is 52.5 Å². The van der Waals surface area contributed by atoms with Crippen molar-refractivity contribution in [3.8, 4) is 0 Å². The van der Waals surface area contributed by atoms with E-state index >= 15 is 0 Å². The van der Waals surface area contributed by atoms with E-state index in [1.54, 1.807) is 7.05 Å². The Bertz CT molecular complexity index is 238. The number of hydrogen-bond acceptors (Lipinski definition) is 2. The van der Waals surface area contributed by atoms with E-state index in [4.69, 9.17) is 0 Å². The zero-order chi connectivity index (χ0) is 12.2. The molecule has 0 aromatic rings. The maximum Gasteiger partial charge on any atom is 0.221 e. The number of carbonyl (C=O) groups is 1. The number of nitrogens with one attached hydrogen (secondary N) is 2. The Kier molecular flexibility index (Phi) is 4.78. The van der Waals surface area contributed by atoms with E-state index in [1.807, 2.05) is 0 Å². The first kappa shape index (κ1) is 13.5. The summed E-state index contributed by atoms with van der Waals surface area (Å²) in [7, 11) is 1.69. The van der Waals surface area contributed by atoms with Crippen molar-refractivity contribution in [3.05, 3.63) is 0 Å². The average molecular weight is 226 g/mol. The molecular weight excluding hydrogens is 200 g/mol. The molecule has 1 aliphatic carbocycles. The van der Waals surface area contributed by atoms with E-state index in [-0.39, 0.29) is 5.91 Å². The van der Waals surface area contributed by atoms with Crippen LogP contribution in [0.1, 0.15) is 46.5 Å². The molecule has 0 saturated heterocycles.